The standard InChI is InChI=1S/C17H11N3O4/c18-15-13-14(11-5-4-10(22)7-12(11)24-17(13)23)19-16(20-15)8-2-1-3-9(21)6-8/h1-7,21H,18H2,(H,19,20). The van der Waals surface area contributed by atoms with Crippen molar-refractivity contribution in [3.63, 3.8) is 0 Å². The van der Waals surface area contributed by atoms with Gasteiger partial charge < -0.3 is 20.2 Å². The predicted octanol–water partition coefficient (Wildman–Crippen LogP) is 1.98. The number of phenolic OH excluding ortho intramolecular Hbond substituents is 1. The van der Waals surface area contributed by atoms with Gasteiger partial charge in [0.15, 0.2) is 5.43 Å². The topological polar surface area (TPSA) is 122 Å². The van der Waals surface area contributed by atoms with Crippen molar-refractivity contribution in [1.82, 2.24) is 9.97 Å². The Bertz CT molecular complexity index is 1220. The maximum Gasteiger partial charge on any atom is 0.349 e. The lowest BCUT2D eigenvalue weighted by molar-refractivity contribution is 0.475. The molecule has 118 valence electrons. The number of nitrogen functional groups attached to an aromatic ring is 1. The molecule has 4 N–H and O–H groups in total. The summed E-state index contributed by atoms with van der Waals surface area (Å²) in [6, 6.07) is 10.6. The van der Waals surface area contributed by atoms with Gasteiger partial charge in [0.05, 0.1) is 5.52 Å². The van der Waals surface area contributed by atoms with Crippen LogP contribution in [0.1, 0.15) is 0 Å². The molecule has 0 bridgehead atoms. The van der Waals surface area contributed by atoms with Gasteiger partial charge in [0, 0.05) is 17.0 Å². The van der Waals surface area contributed by atoms with E-state index in [0.717, 1.165) is 0 Å². The average Bonchev–Trinajstić information content (AvgIpc) is 2.54. The molecule has 7 heteroatoms. The van der Waals surface area contributed by atoms with Crippen molar-refractivity contribution in [1.29, 1.82) is 0 Å². The van der Waals surface area contributed by atoms with Gasteiger partial charge in [0.2, 0.25) is 0 Å². The highest BCUT2D eigenvalue weighted by Crippen LogP contribution is 2.27. The zero-order chi connectivity index (χ0) is 16.8. The van der Waals surface area contributed by atoms with E-state index < -0.39 is 5.63 Å². The summed E-state index contributed by atoms with van der Waals surface area (Å²) in [4.78, 5) is 30.9. The van der Waals surface area contributed by atoms with Crippen LogP contribution in [0.25, 0.3) is 33.3 Å². The first-order chi connectivity index (χ1) is 11.5. The number of aromatic hydroxyl groups is 1. The van der Waals surface area contributed by atoms with E-state index in [1.807, 2.05) is 0 Å². The molecule has 0 spiro atoms. The van der Waals surface area contributed by atoms with Crippen molar-refractivity contribution in [2.75, 3.05) is 5.73 Å². The number of nitrogens with zero attached hydrogens (tertiary/aromatic N) is 1. The molecule has 4 aromatic rings. The second-order valence-corrected chi connectivity index (χ2v) is 5.32. The number of hydrogen-bond donors (Lipinski definition) is 3. The van der Waals surface area contributed by atoms with Crippen LogP contribution < -0.4 is 16.8 Å². The smallest absolute Gasteiger partial charge is 0.349 e. The minimum Gasteiger partial charge on any atom is -0.508 e. The highest BCUT2D eigenvalue weighted by molar-refractivity contribution is 6.05. The fourth-order valence-electron chi connectivity index (χ4n) is 2.66. The lowest BCUT2D eigenvalue weighted by Crippen LogP contribution is -2.09. The van der Waals surface area contributed by atoms with E-state index in [1.54, 1.807) is 18.2 Å². The molecule has 7 nitrogen and oxygen atoms in total. The van der Waals surface area contributed by atoms with E-state index in [0.29, 0.717) is 22.3 Å². The maximum atomic E-state index is 12.2. The van der Waals surface area contributed by atoms with E-state index in [1.165, 1.54) is 24.3 Å². The van der Waals surface area contributed by atoms with E-state index in [9.17, 15) is 14.7 Å². The molecule has 24 heavy (non-hydrogen) atoms. The normalized spacial score (nSPS) is 11.2. The number of phenols is 1. The molecule has 0 saturated carbocycles. The summed E-state index contributed by atoms with van der Waals surface area (Å²) in [5.41, 5.74) is 6.20. The molecule has 0 amide bonds. The minimum absolute atomic E-state index is 0.00365. The zero-order valence-electron chi connectivity index (χ0n) is 12.2. The summed E-state index contributed by atoms with van der Waals surface area (Å²) < 4.78 is 5.17. The van der Waals surface area contributed by atoms with Crippen LogP contribution in [0, 0.1) is 0 Å². The molecule has 2 heterocycles. The number of aromatic amines is 1. The number of anilines is 1. The van der Waals surface area contributed by atoms with Crippen LogP contribution in [0.2, 0.25) is 0 Å². The van der Waals surface area contributed by atoms with Gasteiger partial charge in [-0.15, -0.1) is 0 Å². The van der Waals surface area contributed by atoms with Crippen LogP contribution >= 0.6 is 0 Å². The quantitative estimate of drug-likeness (QED) is 0.364. The number of hydrogen-bond acceptors (Lipinski definition) is 6. The molecular formula is C17H11N3O4. The Morgan fingerprint density at radius 3 is 2.75 bits per heavy atom. The molecule has 2 aromatic carbocycles. The summed E-state index contributed by atoms with van der Waals surface area (Å²) in [5.74, 6) is 0.466. The fraction of sp³-hybridized carbons (Fsp3) is 0. The first kappa shape index (κ1) is 14.0. The third kappa shape index (κ3) is 2.11. The monoisotopic (exact) mass is 321 g/mol. The van der Waals surface area contributed by atoms with Gasteiger partial charge in [-0.3, -0.25) is 4.79 Å². The average molecular weight is 321 g/mol. The largest absolute Gasteiger partial charge is 0.508 e. The molecule has 0 unspecified atom stereocenters. The summed E-state index contributed by atoms with van der Waals surface area (Å²) in [7, 11) is 0. The van der Waals surface area contributed by atoms with Crippen LogP contribution in [-0.2, 0) is 0 Å². The van der Waals surface area contributed by atoms with Gasteiger partial charge in [0.1, 0.15) is 28.4 Å². The van der Waals surface area contributed by atoms with E-state index in [2.05, 4.69) is 9.97 Å². The van der Waals surface area contributed by atoms with Crippen LogP contribution in [0.5, 0.6) is 5.75 Å². The van der Waals surface area contributed by atoms with Crippen molar-refractivity contribution in [3.8, 4) is 17.1 Å². The third-order valence-corrected chi connectivity index (χ3v) is 3.73. The number of nitrogens with two attached hydrogens (primary N) is 1. The second-order valence-electron chi connectivity index (χ2n) is 5.32. The number of rotatable bonds is 1. The van der Waals surface area contributed by atoms with E-state index in [4.69, 9.17) is 10.2 Å². The first-order valence-electron chi connectivity index (χ1n) is 7.09. The summed E-state index contributed by atoms with van der Waals surface area (Å²) in [6.07, 6.45) is 0. The van der Waals surface area contributed by atoms with Crippen molar-refractivity contribution in [3.05, 3.63) is 63.1 Å². The van der Waals surface area contributed by atoms with E-state index >= 15 is 0 Å². The van der Waals surface area contributed by atoms with Crippen LogP contribution in [0.15, 0.2) is 56.5 Å². The molecule has 0 aliphatic heterocycles. The summed E-state index contributed by atoms with van der Waals surface area (Å²) in [5, 5.41) is 10.3. The van der Waals surface area contributed by atoms with Gasteiger partial charge in [-0.05, 0) is 24.3 Å². The molecule has 2 aromatic heterocycles. The Morgan fingerprint density at radius 2 is 1.96 bits per heavy atom. The van der Waals surface area contributed by atoms with Gasteiger partial charge >= 0.3 is 5.63 Å². The lowest BCUT2D eigenvalue weighted by atomic mass is 10.1. The molecule has 0 atom stereocenters. The molecule has 0 aliphatic carbocycles. The number of fused-ring (bicyclic) bond motifs is 3. The van der Waals surface area contributed by atoms with E-state index in [-0.39, 0.29) is 28.0 Å². The SMILES string of the molecule is Nc1nc(-c2cccc(O)c2)[nH]c2c1c(=O)oc1cc(=O)ccc12. The second kappa shape index (κ2) is 4.95. The number of nitrogens with one attached hydrogen (secondary N) is 1. The molecule has 0 fully saturated rings. The van der Waals surface area contributed by atoms with Crippen LogP contribution in [0.4, 0.5) is 5.82 Å². The van der Waals surface area contributed by atoms with Crippen molar-refractivity contribution < 1.29 is 9.52 Å². The van der Waals surface area contributed by atoms with Gasteiger partial charge in [-0.25, -0.2) is 9.78 Å². The van der Waals surface area contributed by atoms with Gasteiger partial charge in [0.25, 0.3) is 0 Å². The number of aromatic nitrogens is 2. The highest BCUT2D eigenvalue weighted by atomic mass is 16.4. The van der Waals surface area contributed by atoms with Crippen molar-refractivity contribution in [2.45, 2.75) is 0 Å². The maximum absolute atomic E-state index is 12.2. The Balaban J connectivity index is 2.15. The summed E-state index contributed by atoms with van der Waals surface area (Å²) >= 11 is 0. The number of H-pyrrole nitrogens is 1. The number of benzene rings is 2. The van der Waals surface area contributed by atoms with Crippen molar-refractivity contribution in [2.24, 2.45) is 0 Å². The molecule has 4 rings (SSSR count). The molecule has 0 aliphatic rings. The highest BCUT2D eigenvalue weighted by Gasteiger charge is 2.14. The zero-order valence-corrected chi connectivity index (χ0v) is 12.2. The molecule has 0 saturated heterocycles. The Morgan fingerprint density at radius 1 is 1.12 bits per heavy atom. The molecular weight excluding hydrogens is 310 g/mol. The van der Waals surface area contributed by atoms with Gasteiger partial charge in [-0.1, -0.05) is 12.1 Å². The Labute approximate surface area is 134 Å². The lowest BCUT2D eigenvalue weighted by Gasteiger charge is -2.08. The fourth-order valence-corrected chi connectivity index (χ4v) is 2.66. The first-order valence-corrected chi connectivity index (χ1v) is 7.09. The minimum atomic E-state index is -0.674. The molecule has 0 radical (unpaired) electrons. The summed E-state index contributed by atoms with van der Waals surface area (Å²) in [6.45, 7) is 0. The Kier molecular flexibility index (Phi) is 2.89. The predicted molar refractivity (Wildman–Crippen MR) is 89.9 cm³/mol. The van der Waals surface area contributed by atoms with Crippen molar-refractivity contribution >= 4 is 27.7 Å². The van der Waals surface area contributed by atoms with Gasteiger partial charge in [-0.2, -0.15) is 0 Å². The van der Waals surface area contributed by atoms with Crippen LogP contribution in [-0.4, -0.2) is 15.1 Å². The Hall–Kier alpha value is -3.61. The third-order valence-electron chi connectivity index (χ3n) is 3.73. The van der Waals surface area contributed by atoms with Crippen LogP contribution in [0.3, 0.4) is 0 Å².